The van der Waals surface area contributed by atoms with Crippen molar-refractivity contribution in [2.24, 2.45) is 0 Å². The minimum atomic E-state index is -0.621. The number of carbonyl (C=O) groups excluding carboxylic acids is 1. The first-order valence-electron chi connectivity index (χ1n) is 5.92. The number of anilines is 2. The summed E-state index contributed by atoms with van der Waals surface area (Å²) in [7, 11) is 0. The van der Waals surface area contributed by atoms with Crippen molar-refractivity contribution < 1.29 is 13.6 Å². The summed E-state index contributed by atoms with van der Waals surface area (Å²) in [5, 5.41) is 5.31. The van der Waals surface area contributed by atoms with Gasteiger partial charge in [0.15, 0.2) is 0 Å². The molecule has 2 rings (SSSR count). The molecule has 2 N–H and O–H groups in total. The van der Waals surface area contributed by atoms with Gasteiger partial charge in [-0.1, -0.05) is 0 Å². The molecule has 0 spiro atoms. The lowest BCUT2D eigenvalue weighted by molar-refractivity contribution is 0.102. The number of rotatable bonds is 4. The Labute approximate surface area is 114 Å². The summed E-state index contributed by atoms with van der Waals surface area (Å²) in [5.74, 6) is -1.27. The SMILES string of the molecule is CCNc1ncc(F)cc1C(=O)Nc1ccc(F)cn1. The lowest BCUT2D eigenvalue weighted by Crippen LogP contribution is -2.17. The van der Waals surface area contributed by atoms with E-state index in [0.717, 1.165) is 24.5 Å². The summed E-state index contributed by atoms with van der Waals surface area (Å²) in [6.07, 6.45) is 2.00. The molecule has 0 atom stereocenters. The van der Waals surface area contributed by atoms with Crippen molar-refractivity contribution in [1.82, 2.24) is 9.97 Å². The lowest BCUT2D eigenvalue weighted by Gasteiger charge is -2.09. The summed E-state index contributed by atoms with van der Waals surface area (Å²) in [6.45, 7) is 2.36. The minimum absolute atomic E-state index is 0.0537. The molecule has 0 saturated heterocycles. The molecule has 2 aromatic rings. The van der Waals surface area contributed by atoms with Gasteiger partial charge in [-0.05, 0) is 25.1 Å². The second kappa shape index (κ2) is 6.05. The first-order valence-corrected chi connectivity index (χ1v) is 5.92. The van der Waals surface area contributed by atoms with Crippen molar-refractivity contribution in [3.05, 3.63) is 47.8 Å². The van der Waals surface area contributed by atoms with Gasteiger partial charge in [0.1, 0.15) is 23.3 Å². The summed E-state index contributed by atoms with van der Waals surface area (Å²) in [5.41, 5.74) is 0.0537. The molecule has 0 fully saturated rings. The van der Waals surface area contributed by atoms with E-state index in [0.29, 0.717) is 6.54 Å². The van der Waals surface area contributed by atoms with Gasteiger partial charge in [0.25, 0.3) is 5.91 Å². The highest BCUT2D eigenvalue weighted by Crippen LogP contribution is 2.15. The summed E-state index contributed by atoms with van der Waals surface area (Å²) < 4.78 is 25.9. The van der Waals surface area contributed by atoms with Crippen LogP contribution in [-0.4, -0.2) is 22.4 Å². The first kappa shape index (κ1) is 13.9. The zero-order valence-corrected chi connectivity index (χ0v) is 10.7. The number of pyridine rings is 2. The molecule has 0 bridgehead atoms. The third kappa shape index (κ3) is 3.25. The summed E-state index contributed by atoms with van der Waals surface area (Å²) in [6, 6.07) is 3.55. The number of hydrogen-bond donors (Lipinski definition) is 2. The Morgan fingerprint density at radius 2 is 1.95 bits per heavy atom. The lowest BCUT2D eigenvalue weighted by atomic mass is 10.2. The number of aromatic nitrogens is 2. The molecule has 0 unspecified atom stereocenters. The van der Waals surface area contributed by atoms with Crippen LogP contribution < -0.4 is 10.6 Å². The Kier molecular flexibility index (Phi) is 4.19. The van der Waals surface area contributed by atoms with Crippen LogP contribution >= 0.6 is 0 Å². The Balaban J connectivity index is 2.23. The molecule has 0 aliphatic carbocycles. The van der Waals surface area contributed by atoms with Gasteiger partial charge in [-0.15, -0.1) is 0 Å². The molecule has 0 aliphatic rings. The second-order valence-electron chi connectivity index (χ2n) is 3.90. The summed E-state index contributed by atoms with van der Waals surface area (Å²) >= 11 is 0. The van der Waals surface area contributed by atoms with Gasteiger partial charge >= 0.3 is 0 Å². The van der Waals surface area contributed by atoms with Crippen LogP contribution in [0.5, 0.6) is 0 Å². The zero-order valence-electron chi connectivity index (χ0n) is 10.7. The van der Waals surface area contributed by atoms with Crippen molar-refractivity contribution in [1.29, 1.82) is 0 Å². The Hall–Kier alpha value is -2.57. The minimum Gasteiger partial charge on any atom is -0.370 e. The molecule has 2 aromatic heterocycles. The third-order valence-electron chi connectivity index (χ3n) is 2.41. The van der Waals surface area contributed by atoms with Gasteiger partial charge in [-0.25, -0.2) is 18.7 Å². The third-order valence-corrected chi connectivity index (χ3v) is 2.41. The Morgan fingerprint density at radius 3 is 2.60 bits per heavy atom. The van der Waals surface area contributed by atoms with E-state index in [4.69, 9.17) is 0 Å². The molecular formula is C13H12F2N4O. The monoisotopic (exact) mass is 278 g/mol. The van der Waals surface area contributed by atoms with Crippen LogP contribution in [0.4, 0.5) is 20.4 Å². The quantitative estimate of drug-likeness (QED) is 0.901. The molecule has 0 aliphatic heterocycles. The molecule has 1 amide bonds. The van der Waals surface area contributed by atoms with E-state index in [1.54, 1.807) is 0 Å². The fourth-order valence-corrected chi connectivity index (χ4v) is 1.55. The maximum atomic E-state index is 13.2. The fraction of sp³-hybridized carbons (Fsp3) is 0.154. The van der Waals surface area contributed by atoms with E-state index in [1.807, 2.05) is 6.92 Å². The van der Waals surface area contributed by atoms with Crippen LogP contribution in [0.25, 0.3) is 0 Å². The predicted octanol–water partition coefficient (Wildman–Crippen LogP) is 2.44. The predicted molar refractivity (Wildman–Crippen MR) is 70.5 cm³/mol. The molecule has 2 heterocycles. The number of halogens is 2. The van der Waals surface area contributed by atoms with Crippen LogP contribution in [0.1, 0.15) is 17.3 Å². The number of hydrogen-bond acceptors (Lipinski definition) is 4. The zero-order chi connectivity index (χ0) is 14.5. The molecule has 104 valence electrons. The van der Waals surface area contributed by atoms with Crippen molar-refractivity contribution in [2.75, 3.05) is 17.2 Å². The Bertz CT molecular complexity index is 616. The second-order valence-corrected chi connectivity index (χ2v) is 3.90. The number of amides is 1. The molecule has 5 nitrogen and oxygen atoms in total. The Morgan fingerprint density at radius 1 is 1.20 bits per heavy atom. The molecule has 0 aromatic carbocycles. The largest absolute Gasteiger partial charge is 0.370 e. The van der Waals surface area contributed by atoms with Crippen molar-refractivity contribution >= 4 is 17.5 Å². The van der Waals surface area contributed by atoms with Gasteiger partial charge in [-0.3, -0.25) is 4.79 Å². The van der Waals surface area contributed by atoms with Gasteiger partial charge in [0.2, 0.25) is 0 Å². The molecule has 20 heavy (non-hydrogen) atoms. The normalized spacial score (nSPS) is 10.2. The van der Waals surface area contributed by atoms with Gasteiger partial charge in [0.05, 0.1) is 18.0 Å². The van der Waals surface area contributed by atoms with Crippen LogP contribution in [0, 0.1) is 11.6 Å². The van der Waals surface area contributed by atoms with Crippen LogP contribution in [-0.2, 0) is 0 Å². The van der Waals surface area contributed by atoms with E-state index in [-0.39, 0.29) is 17.2 Å². The van der Waals surface area contributed by atoms with E-state index < -0.39 is 17.5 Å². The van der Waals surface area contributed by atoms with Crippen LogP contribution in [0.3, 0.4) is 0 Å². The maximum Gasteiger partial charge on any atom is 0.260 e. The number of nitrogens with one attached hydrogen (secondary N) is 2. The van der Waals surface area contributed by atoms with Crippen molar-refractivity contribution in [2.45, 2.75) is 6.92 Å². The van der Waals surface area contributed by atoms with E-state index in [1.165, 1.54) is 6.07 Å². The van der Waals surface area contributed by atoms with Crippen LogP contribution in [0.2, 0.25) is 0 Å². The molecule has 0 saturated carbocycles. The van der Waals surface area contributed by atoms with Crippen molar-refractivity contribution in [3.8, 4) is 0 Å². The van der Waals surface area contributed by atoms with Gasteiger partial charge in [0, 0.05) is 6.54 Å². The van der Waals surface area contributed by atoms with E-state index in [9.17, 15) is 13.6 Å². The highest BCUT2D eigenvalue weighted by atomic mass is 19.1. The van der Waals surface area contributed by atoms with Crippen LogP contribution in [0.15, 0.2) is 30.6 Å². The maximum absolute atomic E-state index is 13.2. The highest BCUT2D eigenvalue weighted by molar-refractivity contribution is 6.07. The average molecular weight is 278 g/mol. The highest BCUT2D eigenvalue weighted by Gasteiger charge is 2.14. The topological polar surface area (TPSA) is 66.9 Å². The smallest absolute Gasteiger partial charge is 0.260 e. The molecule has 7 heteroatoms. The van der Waals surface area contributed by atoms with E-state index >= 15 is 0 Å². The molecule has 0 radical (unpaired) electrons. The van der Waals surface area contributed by atoms with Crippen molar-refractivity contribution in [3.63, 3.8) is 0 Å². The average Bonchev–Trinajstić information content (AvgIpc) is 2.43. The summed E-state index contributed by atoms with van der Waals surface area (Å²) in [4.78, 5) is 19.6. The first-order chi connectivity index (χ1) is 9.60. The number of carbonyl (C=O) groups is 1. The van der Waals surface area contributed by atoms with Gasteiger partial charge < -0.3 is 10.6 Å². The number of nitrogens with zero attached hydrogens (tertiary/aromatic N) is 2. The van der Waals surface area contributed by atoms with E-state index in [2.05, 4.69) is 20.6 Å². The fourth-order valence-electron chi connectivity index (χ4n) is 1.55. The molecular weight excluding hydrogens is 266 g/mol. The standard InChI is InChI=1S/C13H12F2N4O/c1-2-16-12-10(5-9(15)7-18-12)13(20)19-11-4-3-8(14)6-17-11/h3-7H,2H2,1H3,(H,16,18)(H,17,19,20). The van der Waals surface area contributed by atoms with Gasteiger partial charge in [-0.2, -0.15) is 0 Å².